The molecule has 3 saturated heterocycles. The second-order valence-electron chi connectivity index (χ2n) is 19.1. The third-order valence-electron chi connectivity index (χ3n) is 11.6. The lowest BCUT2D eigenvalue weighted by atomic mass is 9.78. The van der Waals surface area contributed by atoms with E-state index in [0.29, 0.717) is 12.8 Å². The number of carbonyl (C=O) groups is 1. The smallest absolute Gasteiger partial charge is 0.311 e. The Morgan fingerprint density at radius 1 is 0.945 bits per heavy atom. The van der Waals surface area contributed by atoms with Crippen molar-refractivity contribution in [3.63, 3.8) is 0 Å². The minimum absolute atomic E-state index is 0.0699. The monoisotopic (exact) mass is 802 g/mol. The molecule has 310 valence electrons. The average Bonchev–Trinajstić information content (AvgIpc) is 3.52. The first-order valence-corrected chi connectivity index (χ1v) is 27.2. The topological polar surface area (TPSA) is 107 Å². The molecule has 4 heterocycles. The van der Waals surface area contributed by atoms with Gasteiger partial charge in [-0.25, -0.2) is 0 Å². The maximum absolute atomic E-state index is 14.3. The van der Waals surface area contributed by atoms with Gasteiger partial charge in [-0.05, 0) is 112 Å². The van der Waals surface area contributed by atoms with Crippen LogP contribution in [0, 0.1) is 17.8 Å². The quantitative estimate of drug-likeness (QED) is 0.0685. The highest BCUT2D eigenvalue weighted by atomic mass is 28.4. The zero-order valence-corrected chi connectivity index (χ0v) is 38.2. The van der Waals surface area contributed by atoms with E-state index in [1.165, 1.54) is 0 Å². The van der Waals surface area contributed by atoms with E-state index in [0.717, 1.165) is 17.6 Å². The highest BCUT2D eigenvalue weighted by Crippen LogP contribution is 2.57. The molecule has 0 aliphatic carbocycles. The molecule has 0 saturated carbocycles. The normalized spacial score (nSPS) is 40.1. The Morgan fingerprint density at radius 3 is 2.18 bits per heavy atom. The van der Waals surface area contributed by atoms with Crippen LogP contribution in [0.1, 0.15) is 73.3 Å². The molecular formula is C42H70N2O9Si2. The number of cyclic esters (lactones) is 1. The van der Waals surface area contributed by atoms with Crippen LogP contribution < -0.4 is 0 Å². The first-order chi connectivity index (χ1) is 25.5. The molecule has 3 unspecified atom stereocenters. The van der Waals surface area contributed by atoms with Gasteiger partial charge in [0.2, 0.25) is 0 Å². The van der Waals surface area contributed by atoms with Crippen molar-refractivity contribution in [3.8, 4) is 0 Å². The van der Waals surface area contributed by atoms with Crippen LogP contribution in [0.4, 0.5) is 0 Å². The van der Waals surface area contributed by atoms with Crippen LogP contribution in [0.5, 0.6) is 0 Å². The second kappa shape index (κ2) is 16.7. The van der Waals surface area contributed by atoms with E-state index in [2.05, 4.69) is 91.1 Å². The summed E-state index contributed by atoms with van der Waals surface area (Å²) in [6, 6.07) is 9.89. The predicted octanol–water partition coefficient (Wildman–Crippen LogP) is 7.76. The Balaban J connectivity index is 1.62. The number of benzene rings is 1. The van der Waals surface area contributed by atoms with Crippen LogP contribution in [0.25, 0.3) is 0 Å². The van der Waals surface area contributed by atoms with Crippen LogP contribution >= 0.6 is 0 Å². The van der Waals surface area contributed by atoms with Crippen LogP contribution in [-0.4, -0.2) is 114 Å². The lowest BCUT2D eigenvalue weighted by molar-refractivity contribution is -0.326. The van der Waals surface area contributed by atoms with Gasteiger partial charge in [0.05, 0.1) is 36.0 Å². The molecular weight excluding hydrogens is 733 g/mol. The van der Waals surface area contributed by atoms with E-state index in [-0.39, 0.29) is 42.7 Å². The molecule has 1 aromatic carbocycles. The number of carbonyl (C=O) groups excluding carboxylic acids is 1. The van der Waals surface area contributed by atoms with E-state index >= 15 is 0 Å². The molecule has 13 atom stereocenters. The fourth-order valence-electron chi connectivity index (χ4n) is 9.20. The summed E-state index contributed by atoms with van der Waals surface area (Å²) < 4.78 is 49.1. The zero-order valence-electron chi connectivity index (χ0n) is 36.2. The van der Waals surface area contributed by atoms with Gasteiger partial charge in [-0.2, -0.15) is 0 Å². The molecule has 3 fully saturated rings. The van der Waals surface area contributed by atoms with E-state index in [9.17, 15) is 4.79 Å². The van der Waals surface area contributed by atoms with E-state index in [4.69, 9.17) is 37.4 Å². The Hall–Kier alpha value is -1.95. The van der Waals surface area contributed by atoms with Gasteiger partial charge in [0.1, 0.15) is 24.4 Å². The minimum Gasteiger partial charge on any atom is -0.459 e. The Bertz CT molecular complexity index is 1530. The van der Waals surface area contributed by atoms with E-state index in [1.807, 2.05) is 57.2 Å². The van der Waals surface area contributed by atoms with Crippen LogP contribution in [0.3, 0.4) is 0 Å². The summed E-state index contributed by atoms with van der Waals surface area (Å²) in [6.07, 6.45) is 2.86. The highest BCUT2D eigenvalue weighted by molar-refractivity contribution is 6.70. The molecule has 1 spiro atoms. The molecule has 11 nitrogen and oxygen atoms in total. The van der Waals surface area contributed by atoms with Gasteiger partial charge >= 0.3 is 5.97 Å². The van der Waals surface area contributed by atoms with Crippen molar-refractivity contribution in [1.29, 1.82) is 0 Å². The first kappa shape index (κ1) is 44.2. The first-order valence-electron chi connectivity index (χ1n) is 20.4. The van der Waals surface area contributed by atoms with E-state index < -0.39 is 64.1 Å². The predicted molar refractivity (Wildman–Crippen MR) is 220 cm³/mol. The number of rotatable bonds is 12. The molecule has 3 bridgehead atoms. The number of oxime groups is 1. The summed E-state index contributed by atoms with van der Waals surface area (Å²) in [5.41, 5.74) is -0.185. The summed E-state index contributed by atoms with van der Waals surface area (Å²) >= 11 is 0. The fourth-order valence-corrected chi connectivity index (χ4v) is 11.5. The SMILES string of the molecule is CC[C@H]1OC(=O)[C@H](C)[C@@H](O[Si](C)(C)C)[C@H](C)[C@@H](OC2O[C@H](C)C[C@H](N(C)C)[C@@H]2O[Si](C)(C)C)[C@@]2(C)C[C@@H](C)C3(OC1(C)C=C3CO/N=C\c1ccccc1)O2. The standard InChI is InChI=1S/C42H70N2O9Si2/c1-16-34-40(6)24-32(26-46-43-25-31-20-18-17-19-21-31)42(52-40)27(2)23-41(7,53-42)37(29(4)35(50-54(10,11)12)30(5)38(45)48-34)49-39-36(51-55(13,14)15)33(44(8)9)22-28(3)47-39/h17-21,24-25,27-30,33-37,39H,16,22-23,26H2,1-15H3/b43-25-/t27-,28-,29+,30-,33+,34-,35+,36+,37-,39?,40?,41-,42?/m1/s1. The summed E-state index contributed by atoms with van der Waals surface area (Å²) in [5, 5.41) is 4.32. The number of esters is 1. The lowest BCUT2D eigenvalue weighted by Crippen LogP contribution is -2.62. The van der Waals surface area contributed by atoms with Gasteiger partial charge in [-0.3, -0.25) is 4.79 Å². The lowest BCUT2D eigenvalue weighted by Gasteiger charge is -2.50. The fraction of sp³-hybridized carbons (Fsp3) is 0.762. The van der Waals surface area contributed by atoms with Crippen molar-refractivity contribution in [2.75, 3.05) is 20.7 Å². The van der Waals surface area contributed by atoms with Gasteiger partial charge in [-0.15, -0.1) is 0 Å². The molecule has 4 aliphatic rings. The number of likely N-dealkylation sites (N-methyl/N-ethyl adjacent to an activating group) is 1. The van der Waals surface area contributed by atoms with Crippen molar-refractivity contribution in [3.05, 3.63) is 47.5 Å². The number of fused-ring (bicyclic) bond motifs is 2. The van der Waals surface area contributed by atoms with Crippen molar-refractivity contribution in [2.45, 2.75) is 167 Å². The molecule has 5 rings (SSSR count). The summed E-state index contributed by atoms with van der Waals surface area (Å²) in [5.74, 6) is -2.60. The molecule has 0 N–H and O–H groups in total. The van der Waals surface area contributed by atoms with Gasteiger partial charge < -0.3 is 42.3 Å². The largest absolute Gasteiger partial charge is 0.459 e. The third kappa shape index (κ3) is 9.85. The van der Waals surface area contributed by atoms with Crippen molar-refractivity contribution >= 4 is 28.8 Å². The zero-order chi connectivity index (χ0) is 40.7. The number of nitrogens with zero attached hydrogens (tertiary/aromatic N) is 2. The molecule has 0 radical (unpaired) electrons. The molecule has 55 heavy (non-hydrogen) atoms. The third-order valence-corrected chi connectivity index (χ3v) is 13.5. The van der Waals surface area contributed by atoms with Crippen LogP contribution in [0.2, 0.25) is 39.3 Å². The molecule has 4 aliphatic heterocycles. The van der Waals surface area contributed by atoms with Crippen molar-refractivity contribution in [1.82, 2.24) is 4.90 Å². The minimum atomic E-state index is -2.21. The maximum Gasteiger partial charge on any atom is 0.311 e. The van der Waals surface area contributed by atoms with Crippen molar-refractivity contribution in [2.24, 2.45) is 22.9 Å². The Labute approximate surface area is 333 Å². The number of hydrogen-bond donors (Lipinski definition) is 0. The highest BCUT2D eigenvalue weighted by Gasteiger charge is 2.66. The summed E-state index contributed by atoms with van der Waals surface area (Å²) in [4.78, 5) is 22.6. The maximum atomic E-state index is 14.3. The molecule has 13 heteroatoms. The van der Waals surface area contributed by atoms with Gasteiger partial charge in [0.25, 0.3) is 0 Å². The number of hydrogen-bond acceptors (Lipinski definition) is 11. The van der Waals surface area contributed by atoms with Gasteiger partial charge in [0.15, 0.2) is 28.7 Å². The summed E-state index contributed by atoms with van der Waals surface area (Å²) in [7, 11) is -0.0894. The molecule has 1 aromatic rings. The average molecular weight is 803 g/mol. The second-order valence-corrected chi connectivity index (χ2v) is 28.0. The molecule has 0 aromatic heterocycles. The summed E-state index contributed by atoms with van der Waals surface area (Å²) in [6.45, 7) is 27.6. The van der Waals surface area contributed by atoms with Crippen LogP contribution in [-0.2, 0) is 42.2 Å². The van der Waals surface area contributed by atoms with E-state index in [1.54, 1.807) is 6.21 Å². The number of ether oxygens (including phenoxy) is 5. The van der Waals surface area contributed by atoms with Gasteiger partial charge in [0, 0.05) is 23.5 Å². The Kier molecular flexibility index (Phi) is 13.4. The Morgan fingerprint density at radius 2 is 1.58 bits per heavy atom. The van der Waals surface area contributed by atoms with Crippen molar-refractivity contribution < 1.29 is 42.2 Å². The molecule has 0 amide bonds. The van der Waals surface area contributed by atoms with Crippen LogP contribution in [0.15, 0.2) is 47.1 Å². The van der Waals surface area contributed by atoms with Gasteiger partial charge in [-0.1, -0.05) is 56.3 Å².